The minimum atomic E-state index is -1.16. The van der Waals surface area contributed by atoms with Crippen LogP contribution >= 0.6 is 22.6 Å². The van der Waals surface area contributed by atoms with Crippen molar-refractivity contribution in [3.8, 4) is 0 Å². The molecule has 0 aliphatic carbocycles. The maximum Gasteiger partial charge on any atom is 0.194 e. The van der Waals surface area contributed by atoms with Gasteiger partial charge >= 0.3 is 0 Å². The lowest BCUT2D eigenvalue weighted by Gasteiger charge is -2.19. The molecule has 20 heavy (non-hydrogen) atoms. The highest BCUT2D eigenvalue weighted by Gasteiger charge is 2.19. The Morgan fingerprint density at radius 3 is 2.75 bits per heavy atom. The first kappa shape index (κ1) is 15.3. The van der Waals surface area contributed by atoms with E-state index in [-0.39, 0.29) is 12.5 Å². The lowest BCUT2D eigenvalue weighted by Crippen LogP contribution is -2.35. The van der Waals surface area contributed by atoms with Gasteiger partial charge < -0.3 is 25.8 Å². The summed E-state index contributed by atoms with van der Waals surface area (Å²) in [6, 6.07) is 0. The van der Waals surface area contributed by atoms with Crippen LogP contribution in [0.2, 0.25) is 0 Å². The molecule has 0 aromatic carbocycles. The van der Waals surface area contributed by atoms with Crippen molar-refractivity contribution in [1.29, 1.82) is 0 Å². The third-order valence-electron chi connectivity index (χ3n) is 2.69. The van der Waals surface area contributed by atoms with Crippen LogP contribution in [0.1, 0.15) is 0 Å². The number of hydrogen-bond donors (Lipinski definition) is 4. The van der Waals surface area contributed by atoms with Crippen LogP contribution in [0, 0.1) is 3.83 Å². The molecular formula is C10H14IN5O4. The molecule has 9 nitrogen and oxygen atoms in total. The van der Waals surface area contributed by atoms with E-state index in [9.17, 15) is 5.11 Å². The van der Waals surface area contributed by atoms with Crippen molar-refractivity contribution < 1.29 is 20.1 Å². The largest absolute Gasteiger partial charge is 0.394 e. The van der Waals surface area contributed by atoms with Crippen molar-refractivity contribution >= 4 is 39.6 Å². The Bertz CT molecular complexity index is 592. The van der Waals surface area contributed by atoms with Crippen LogP contribution in [-0.4, -0.2) is 60.3 Å². The fourth-order valence-corrected chi connectivity index (χ4v) is 2.10. The number of aliphatic hydroxyl groups is 3. The molecule has 2 aromatic rings. The van der Waals surface area contributed by atoms with Crippen LogP contribution < -0.4 is 5.73 Å². The predicted octanol–water partition coefficient (Wildman–Crippen LogP) is -1.30. The fourth-order valence-electron chi connectivity index (χ4n) is 1.61. The number of nitrogens with two attached hydrogens (primary N) is 1. The third-order valence-corrected chi connectivity index (χ3v) is 3.17. The van der Waals surface area contributed by atoms with Gasteiger partial charge in [-0.1, -0.05) is 0 Å². The fraction of sp³-hybridized carbons (Fsp3) is 0.500. The van der Waals surface area contributed by atoms with E-state index in [2.05, 4.69) is 15.0 Å². The molecule has 110 valence electrons. The summed E-state index contributed by atoms with van der Waals surface area (Å²) in [6.45, 7) is -0.906. The molecule has 10 heteroatoms. The second kappa shape index (κ2) is 6.58. The molecule has 0 aliphatic heterocycles. The van der Waals surface area contributed by atoms with Crippen molar-refractivity contribution in [2.75, 3.05) is 18.9 Å². The summed E-state index contributed by atoms with van der Waals surface area (Å²) in [5, 5.41) is 27.4. The van der Waals surface area contributed by atoms with Crippen molar-refractivity contribution in [1.82, 2.24) is 19.5 Å². The quantitative estimate of drug-likeness (QED) is 0.350. The van der Waals surface area contributed by atoms with Crippen LogP contribution in [0.15, 0.2) is 6.33 Å². The summed E-state index contributed by atoms with van der Waals surface area (Å²) in [5.41, 5.74) is 6.69. The van der Waals surface area contributed by atoms with Crippen LogP contribution in [-0.2, 0) is 11.5 Å². The van der Waals surface area contributed by atoms with E-state index < -0.39 is 25.4 Å². The van der Waals surface area contributed by atoms with Crippen LogP contribution in [0.25, 0.3) is 11.2 Å². The van der Waals surface area contributed by atoms with Gasteiger partial charge in [-0.2, -0.15) is 0 Å². The van der Waals surface area contributed by atoms with E-state index >= 15 is 0 Å². The Hall–Kier alpha value is -1.08. The molecule has 5 N–H and O–H groups in total. The van der Waals surface area contributed by atoms with E-state index in [1.807, 2.05) is 22.6 Å². The van der Waals surface area contributed by atoms with Gasteiger partial charge in [0.15, 0.2) is 15.3 Å². The number of ether oxygens (including phenoxy) is 1. The molecule has 0 saturated carbocycles. The number of aromatic nitrogens is 4. The summed E-state index contributed by atoms with van der Waals surface area (Å²) in [5.74, 6) is 0.271. The van der Waals surface area contributed by atoms with E-state index in [0.29, 0.717) is 15.0 Å². The van der Waals surface area contributed by atoms with Crippen molar-refractivity contribution in [3.63, 3.8) is 0 Å². The van der Waals surface area contributed by atoms with Gasteiger partial charge in [-0.25, -0.2) is 15.0 Å². The molecule has 0 saturated heterocycles. The van der Waals surface area contributed by atoms with Gasteiger partial charge in [0.05, 0.1) is 19.5 Å². The van der Waals surface area contributed by atoms with Gasteiger partial charge in [-0.3, -0.25) is 4.57 Å². The Kier molecular flexibility index (Phi) is 5.04. The first-order chi connectivity index (χ1) is 9.56. The smallest absolute Gasteiger partial charge is 0.194 e. The van der Waals surface area contributed by atoms with Gasteiger partial charge in [0.25, 0.3) is 0 Å². The van der Waals surface area contributed by atoms with Gasteiger partial charge in [0, 0.05) is 22.6 Å². The van der Waals surface area contributed by atoms with Crippen LogP contribution in [0.5, 0.6) is 0 Å². The van der Waals surface area contributed by atoms with E-state index in [4.69, 9.17) is 20.7 Å². The average Bonchev–Trinajstić information content (AvgIpc) is 2.82. The van der Waals surface area contributed by atoms with E-state index in [1.54, 1.807) is 4.57 Å². The Morgan fingerprint density at radius 1 is 1.35 bits per heavy atom. The van der Waals surface area contributed by atoms with Gasteiger partial charge in [-0.15, -0.1) is 0 Å². The van der Waals surface area contributed by atoms with Gasteiger partial charge in [0.2, 0.25) is 0 Å². The normalized spacial score (nSPS) is 14.6. The van der Waals surface area contributed by atoms with Gasteiger partial charge in [0.1, 0.15) is 24.5 Å². The highest BCUT2D eigenvalue weighted by molar-refractivity contribution is 14.1. The molecule has 2 atom stereocenters. The average molecular weight is 395 g/mol. The lowest BCUT2D eigenvalue weighted by atomic mass is 10.2. The minimum Gasteiger partial charge on any atom is -0.394 e. The Labute approximate surface area is 127 Å². The molecule has 0 bridgehead atoms. The summed E-state index contributed by atoms with van der Waals surface area (Å²) in [6.07, 6.45) is -0.573. The van der Waals surface area contributed by atoms with Gasteiger partial charge in [-0.05, 0) is 0 Å². The Morgan fingerprint density at radius 2 is 2.10 bits per heavy atom. The molecule has 0 aliphatic rings. The number of hydrogen-bond acceptors (Lipinski definition) is 8. The zero-order chi connectivity index (χ0) is 14.7. The number of nitrogens with zero attached hydrogens (tertiary/aromatic N) is 4. The monoisotopic (exact) mass is 395 g/mol. The molecule has 0 spiro atoms. The van der Waals surface area contributed by atoms with Crippen LogP contribution in [0.4, 0.5) is 5.82 Å². The molecule has 2 heterocycles. The molecule has 0 fully saturated rings. The van der Waals surface area contributed by atoms with Crippen molar-refractivity contribution in [2.24, 2.45) is 0 Å². The summed E-state index contributed by atoms with van der Waals surface area (Å²) in [4.78, 5) is 12.3. The van der Waals surface area contributed by atoms with Crippen molar-refractivity contribution in [2.45, 2.75) is 18.9 Å². The topological polar surface area (TPSA) is 140 Å². The maximum atomic E-state index is 9.44. The zero-order valence-electron chi connectivity index (χ0n) is 10.3. The standard InChI is InChI=1S/C10H14IN5O4/c11-10-14-8(12)7-9(15-10)16(3-13-7)4-20-6(2-18)5(19)1-17/h3,5-6,17-19H,1-2,4H2,(H2,12,14,15)/t5?,6-/m1/s1. The highest BCUT2D eigenvalue weighted by Crippen LogP contribution is 2.17. The lowest BCUT2D eigenvalue weighted by molar-refractivity contribution is -0.0997. The number of halogens is 1. The second-order valence-electron chi connectivity index (χ2n) is 4.03. The zero-order valence-corrected chi connectivity index (χ0v) is 12.5. The minimum absolute atomic E-state index is 0.00528. The van der Waals surface area contributed by atoms with E-state index in [1.165, 1.54) is 6.33 Å². The molecule has 2 aromatic heterocycles. The highest BCUT2D eigenvalue weighted by atomic mass is 127. The first-order valence-corrected chi connectivity index (χ1v) is 6.80. The first-order valence-electron chi connectivity index (χ1n) is 5.72. The maximum absolute atomic E-state index is 9.44. The van der Waals surface area contributed by atoms with Crippen molar-refractivity contribution in [3.05, 3.63) is 10.2 Å². The predicted molar refractivity (Wildman–Crippen MR) is 77.5 cm³/mol. The molecular weight excluding hydrogens is 381 g/mol. The summed E-state index contributed by atoms with van der Waals surface area (Å²) in [7, 11) is 0. The summed E-state index contributed by atoms with van der Waals surface area (Å²) >= 11 is 1.94. The molecule has 0 radical (unpaired) electrons. The number of anilines is 1. The number of fused-ring (bicyclic) bond motifs is 1. The molecule has 2 rings (SSSR count). The number of nitrogen functional groups attached to an aromatic ring is 1. The van der Waals surface area contributed by atoms with Crippen LogP contribution in [0.3, 0.4) is 0 Å². The Balaban J connectivity index is 2.18. The third kappa shape index (κ3) is 3.15. The molecule has 1 unspecified atom stereocenters. The number of aliphatic hydroxyl groups excluding tert-OH is 3. The SMILES string of the molecule is Nc1nc(I)nc2c1ncn2CO[C@H](CO)C(O)CO. The number of imidazole rings is 1. The second-order valence-corrected chi connectivity index (χ2v) is 5.00. The summed E-state index contributed by atoms with van der Waals surface area (Å²) < 4.78 is 7.38. The van der Waals surface area contributed by atoms with E-state index in [0.717, 1.165) is 0 Å². The molecule has 0 amide bonds. The number of rotatable bonds is 6.